The van der Waals surface area contributed by atoms with Crippen LogP contribution >= 0.6 is 11.6 Å². The van der Waals surface area contributed by atoms with E-state index in [0.717, 1.165) is 0 Å². The molecule has 0 saturated heterocycles. The van der Waals surface area contributed by atoms with E-state index in [4.69, 9.17) is 26.2 Å². The zero-order chi connectivity index (χ0) is 21.1. The van der Waals surface area contributed by atoms with Gasteiger partial charge in [0.2, 0.25) is 0 Å². The Bertz CT molecular complexity index is 968. The molecule has 1 aliphatic heterocycles. The fourth-order valence-corrected chi connectivity index (χ4v) is 3.72. The minimum Gasteiger partial charge on any atom is -0.492 e. The molecule has 1 atom stereocenters. The maximum Gasteiger partial charge on any atom is 0.338 e. The molecule has 7 nitrogen and oxygen atoms in total. The van der Waals surface area contributed by atoms with Crippen molar-refractivity contribution in [2.24, 2.45) is 5.92 Å². The quantitative estimate of drug-likeness (QED) is 0.663. The maximum atomic E-state index is 12.1. The SMILES string of the molecule is CC(C)[C@@H]1COc2cc(OCCCCO)c(Cl)c(C(=O)O)c2-c2cc(=O)ccn21. The summed E-state index contributed by atoms with van der Waals surface area (Å²) < 4.78 is 13.5. The first kappa shape index (κ1) is 21.2. The van der Waals surface area contributed by atoms with Crippen LogP contribution in [0.4, 0.5) is 0 Å². The molecule has 0 saturated carbocycles. The third-order valence-electron chi connectivity index (χ3n) is 4.97. The van der Waals surface area contributed by atoms with E-state index in [1.165, 1.54) is 12.1 Å². The molecule has 0 fully saturated rings. The average Bonchev–Trinajstić information content (AvgIpc) is 2.82. The van der Waals surface area contributed by atoms with Crippen LogP contribution in [0.25, 0.3) is 11.3 Å². The number of pyridine rings is 1. The predicted octanol–water partition coefficient (Wildman–Crippen LogP) is 3.61. The number of carboxylic acids is 1. The van der Waals surface area contributed by atoms with E-state index in [1.807, 2.05) is 18.4 Å². The molecule has 1 aromatic heterocycles. The molecule has 29 heavy (non-hydrogen) atoms. The number of aliphatic hydroxyl groups excluding tert-OH is 1. The third kappa shape index (κ3) is 4.26. The van der Waals surface area contributed by atoms with E-state index in [2.05, 4.69) is 0 Å². The van der Waals surface area contributed by atoms with Crippen LogP contribution < -0.4 is 14.9 Å². The summed E-state index contributed by atoms with van der Waals surface area (Å²) in [7, 11) is 0. The predicted molar refractivity (Wildman–Crippen MR) is 109 cm³/mol. The lowest BCUT2D eigenvalue weighted by atomic mass is 9.99. The molecular formula is C21H24ClNO6. The normalized spacial score (nSPS) is 15.3. The van der Waals surface area contributed by atoms with Gasteiger partial charge >= 0.3 is 5.97 Å². The highest BCUT2D eigenvalue weighted by Gasteiger charge is 2.31. The van der Waals surface area contributed by atoms with Gasteiger partial charge < -0.3 is 24.3 Å². The Hall–Kier alpha value is -2.51. The van der Waals surface area contributed by atoms with Crippen LogP contribution in [-0.2, 0) is 0 Å². The van der Waals surface area contributed by atoms with Crippen LogP contribution in [0, 0.1) is 5.92 Å². The number of carbonyl (C=O) groups is 1. The fourth-order valence-electron chi connectivity index (χ4n) is 3.43. The number of unbranched alkanes of at least 4 members (excludes halogenated alkanes) is 1. The molecule has 8 heteroatoms. The Morgan fingerprint density at radius 2 is 2.14 bits per heavy atom. The highest BCUT2D eigenvalue weighted by atomic mass is 35.5. The average molecular weight is 422 g/mol. The molecule has 2 aromatic rings. The summed E-state index contributed by atoms with van der Waals surface area (Å²) in [6.07, 6.45) is 2.83. The van der Waals surface area contributed by atoms with Gasteiger partial charge in [0.15, 0.2) is 5.43 Å². The summed E-state index contributed by atoms with van der Waals surface area (Å²) in [5.41, 5.74) is 0.328. The molecular weight excluding hydrogens is 398 g/mol. The molecule has 2 N–H and O–H groups in total. The topological polar surface area (TPSA) is 98.0 Å². The van der Waals surface area contributed by atoms with Crippen molar-refractivity contribution < 1.29 is 24.5 Å². The molecule has 0 bridgehead atoms. The van der Waals surface area contributed by atoms with Crippen molar-refractivity contribution in [1.82, 2.24) is 4.57 Å². The van der Waals surface area contributed by atoms with E-state index >= 15 is 0 Å². The molecule has 3 rings (SSSR count). The smallest absolute Gasteiger partial charge is 0.338 e. The van der Waals surface area contributed by atoms with Crippen molar-refractivity contribution in [3.05, 3.63) is 45.2 Å². The molecule has 0 amide bonds. The monoisotopic (exact) mass is 421 g/mol. The number of benzene rings is 1. The summed E-state index contributed by atoms with van der Waals surface area (Å²) in [4.78, 5) is 24.2. The molecule has 0 spiro atoms. The van der Waals surface area contributed by atoms with Gasteiger partial charge in [0, 0.05) is 31.0 Å². The van der Waals surface area contributed by atoms with Crippen molar-refractivity contribution >= 4 is 17.6 Å². The lowest BCUT2D eigenvalue weighted by molar-refractivity contribution is 0.0697. The van der Waals surface area contributed by atoms with Gasteiger partial charge in [0.05, 0.1) is 34.5 Å². The minimum atomic E-state index is -1.23. The number of fused-ring (bicyclic) bond motifs is 3. The Morgan fingerprint density at radius 1 is 1.38 bits per heavy atom. The van der Waals surface area contributed by atoms with Gasteiger partial charge in [-0.15, -0.1) is 0 Å². The molecule has 1 aliphatic rings. The summed E-state index contributed by atoms with van der Waals surface area (Å²) in [5, 5.41) is 18.8. The van der Waals surface area contributed by atoms with Crippen LogP contribution in [0.5, 0.6) is 11.5 Å². The molecule has 156 valence electrons. The van der Waals surface area contributed by atoms with Gasteiger partial charge in [-0.3, -0.25) is 4.79 Å². The number of rotatable bonds is 7. The van der Waals surface area contributed by atoms with Gasteiger partial charge in [-0.1, -0.05) is 25.4 Å². The molecule has 0 unspecified atom stereocenters. The van der Waals surface area contributed by atoms with Crippen molar-refractivity contribution in [3.8, 4) is 22.8 Å². The second-order valence-electron chi connectivity index (χ2n) is 7.30. The number of halogens is 1. The van der Waals surface area contributed by atoms with E-state index in [9.17, 15) is 14.7 Å². The first-order valence-electron chi connectivity index (χ1n) is 9.54. The van der Waals surface area contributed by atoms with Crippen molar-refractivity contribution in [3.63, 3.8) is 0 Å². The summed E-state index contributed by atoms with van der Waals surface area (Å²) >= 11 is 6.41. The largest absolute Gasteiger partial charge is 0.492 e. The van der Waals surface area contributed by atoms with Gasteiger partial charge in [-0.25, -0.2) is 4.79 Å². The number of aliphatic hydroxyl groups is 1. The Morgan fingerprint density at radius 3 is 2.79 bits per heavy atom. The summed E-state index contributed by atoms with van der Waals surface area (Å²) in [6.45, 7) is 4.71. The second-order valence-corrected chi connectivity index (χ2v) is 7.68. The van der Waals surface area contributed by atoms with E-state index in [0.29, 0.717) is 30.9 Å². The number of carboxylic acid groups (broad SMARTS) is 1. The Kier molecular flexibility index (Phi) is 6.49. The number of hydrogen-bond acceptors (Lipinski definition) is 5. The highest BCUT2D eigenvalue weighted by Crippen LogP contribution is 2.45. The second kappa shape index (κ2) is 8.88. The first-order valence-corrected chi connectivity index (χ1v) is 9.91. The Labute approximate surface area is 173 Å². The number of nitrogens with zero attached hydrogens (tertiary/aromatic N) is 1. The van der Waals surface area contributed by atoms with Crippen LogP contribution in [-0.4, -0.2) is 40.6 Å². The van der Waals surface area contributed by atoms with Crippen LogP contribution in [0.3, 0.4) is 0 Å². The van der Waals surface area contributed by atoms with Crippen LogP contribution in [0.15, 0.2) is 29.2 Å². The zero-order valence-corrected chi connectivity index (χ0v) is 17.1. The first-order chi connectivity index (χ1) is 13.8. The number of aromatic carboxylic acids is 1. The highest BCUT2D eigenvalue weighted by molar-refractivity contribution is 6.36. The summed E-state index contributed by atoms with van der Waals surface area (Å²) in [6, 6.07) is 4.35. The van der Waals surface area contributed by atoms with Crippen molar-refractivity contribution in [2.75, 3.05) is 19.8 Å². The van der Waals surface area contributed by atoms with E-state index in [1.54, 1.807) is 12.3 Å². The van der Waals surface area contributed by atoms with Crippen molar-refractivity contribution in [2.45, 2.75) is 32.7 Å². The number of hydrogen-bond donors (Lipinski definition) is 2. The van der Waals surface area contributed by atoms with Gasteiger partial charge in [-0.05, 0) is 18.8 Å². The molecule has 0 aliphatic carbocycles. The van der Waals surface area contributed by atoms with E-state index < -0.39 is 5.97 Å². The van der Waals surface area contributed by atoms with Gasteiger partial charge in [-0.2, -0.15) is 0 Å². The van der Waals surface area contributed by atoms with Crippen LogP contribution in [0.2, 0.25) is 5.02 Å². The lowest BCUT2D eigenvalue weighted by Crippen LogP contribution is -2.22. The molecule has 0 radical (unpaired) electrons. The molecule has 1 aromatic carbocycles. The summed E-state index contributed by atoms with van der Waals surface area (Å²) in [5.74, 6) is -0.537. The third-order valence-corrected chi connectivity index (χ3v) is 5.34. The lowest BCUT2D eigenvalue weighted by Gasteiger charge is -2.24. The van der Waals surface area contributed by atoms with Gasteiger partial charge in [0.1, 0.15) is 18.1 Å². The minimum absolute atomic E-state index is 0.0466. The number of aromatic nitrogens is 1. The van der Waals surface area contributed by atoms with Crippen LogP contribution in [0.1, 0.15) is 43.1 Å². The standard InChI is InChI=1S/C21H24ClNO6/c1-12(2)15-11-29-16-10-17(28-8-4-3-7-24)20(22)19(21(26)27)18(16)14-9-13(25)5-6-23(14)15/h5-6,9-10,12,15,24H,3-4,7-8,11H2,1-2H3,(H,26,27)/t15-/m0/s1. The fraction of sp³-hybridized carbons (Fsp3) is 0.429. The number of ether oxygens (including phenoxy) is 2. The molecule has 2 heterocycles. The van der Waals surface area contributed by atoms with E-state index in [-0.39, 0.29) is 52.5 Å². The van der Waals surface area contributed by atoms with Gasteiger partial charge in [0.25, 0.3) is 0 Å². The Balaban J connectivity index is 2.20. The van der Waals surface area contributed by atoms with Crippen molar-refractivity contribution in [1.29, 1.82) is 0 Å². The zero-order valence-electron chi connectivity index (χ0n) is 16.4. The maximum absolute atomic E-state index is 12.1.